The molecule has 1 aromatic carbocycles. The molecule has 0 bridgehead atoms. The summed E-state index contributed by atoms with van der Waals surface area (Å²) in [4.78, 5) is 0. The zero-order valence-corrected chi connectivity index (χ0v) is 8.59. The van der Waals surface area contributed by atoms with Crippen molar-refractivity contribution in [2.75, 3.05) is 0 Å². The molecule has 0 aliphatic carbocycles. The molecule has 1 aromatic rings. The van der Waals surface area contributed by atoms with E-state index in [2.05, 4.69) is 49.5 Å². The Morgan fingerprint density at radius 2 is 1.92 bits per heavy atom. The van der Waals surface area contributed by atoms with Gasteiger partial charge in [-0.3, -0.25) is 0 Å². The van der Waals surface area contributed by atoms with Crippen LogP contribution in [0.5, 0.6) is 0 Å². The summed E-state index contributed by atoms with van der Waals surface area (Å²) in [6, 6.07) is 11.2. The molecule has 1 atom stereocenters. The van der Waals surface area contributed by atoms with Crippen molar-refractivity contribution in [3.8, 4) is 0 Å². The quantitative estimate of drug-likeness (QED) is 0.729. The second-order valence-corrected chi connectivity index (χ2v) is 3.56. The van der Waals surface area contributed by atoms with Gasteiger partial charge in [0.15, 0.2) is 0 Å². The van der Waals surface area contributed by atoms with E-state index in [4.69, 9.17) is 0 Å². The average molecular weight is 177 g/mol. The molecule has 72 valence electrons. The number of hydrogen-bond donors (Lipinski definition) is 1. The first-order valence-corrected chi connectivity index (χ1v) is 5.10. The molecule has 0 spiro atoms. The molecule has 13 heavy (non-hydrogen) atoms. The van der Waals surface area contributed by atoms with Gasteiger partial charge < -0.3 is 5.32 Å². The van der Waals surface area contributed by atoms with Crippen molar-refractivity contribution < 1.29 is 0 Å². The van der Waals surface area contributed by atoms with Crippen LogP contribution in [-0.2, 0) is 6.54 Å². The molecule has 0 heterocycles. The van der Waals surface area contributed by atoms with Gasteiger partial charge in [0.1, 0.15) is 0 Å². The lowest BCUT2D eigenvalue weighted by Gasteiger charge is -2.12. The maximum atomic E-state index is 3.50. The summed E-state index contributed by atoms with van der Waals surface area (Å²) >= 11 is 0. The molecule has 1 rings (SSSR count). The third kappa shape index (κ3) is 4.09. The maximum absolute atomic E-state index is 3.50. The van der Waals surface area contributed by atoms with Crippen molar-refractivity contribution in [2.24, 2.45) is 0 Å². The predicted octanol–water partition coefficient (Wildman–Crippen LogP) is 2.96. The third-order valence-electron chi connectivity index (χ3n) is 2.22. The van der Waals surface area contributed by atoms with Crippen molar-refractivity contribution in [2.45, 2.75) is 39.3 Å². The molecule has 0 amide bonds. The number of hydrogen-bond acceptors (Lipinski definition) is 1. The van der Waals surface area contributed by atoms with Crippen LogP contribution in [0.1, 0.15) is 32.3 Å². The average Bonchev–Trinajstić information content (AvgIpc) is 2.17. The maximum Gasteiger partial charge on any atom is 0.0207 e. The lowest BCUT2D eigenvalue weighted by atomic mass is 10.1. The van der Waals surface area contributed by atoms with Gasteiger partial charge in [0.2, 0.25) is 0 Å². The summed E-state index contributed by atoms with van der Waals surface area (Å²) < 4.78 is 0. The normalized spacial score (nSPS) is 12.8. The van der Waals surface area contributed by atoms with Gasteiger partial charge in [0.05, 0.1) is 0 Å². The largest absolute Gasteiger partial charge is 0.310 e. The fourth-order valence-corrected chi connectivity index (χ4v) is 1.42. The Labute approximate surface area is 81.2 Å². The summed E-state index contributed by atoms with van der Waals surface area (Å²) in [5, 5.41) is 3.50. The first-order valence-electron chi connectivity index (χ1n) is 5.10. The summed E-state index contributed by atoms with van der Waals surface area (Å²) in [7, 11) is 0. The first kappa shape index (κ1) is 10.3. The number of nitrogens with one attached hydrogen (secondary N) is 1. The van der Waals surface area contributed by atoms with Gasteiger partial charge in [-0.15, -0.1) is 0 Å². The molecule has 1 heteroatoms. The standard InChI is InChI=1S/C12H19N/c1-3-7-11(2)13-10-12-8-5-4-6-9-12/h4-6,8-9,11,13H,3,7,10H2,1-2H3/t11-/m0/s1. The van der Waals surface area contributed by atoms with Gasteiger partial charge in [-0.1, -0.05) is 43.7 Å². The Morgan fingerprint density at radius 1 is 1.23 bits per heavy atom. The number of rotatable bonds is 5. The van der Waals surface area contributed by atoms with Crippen LogP contribution >= 0.6 is 0 Å². The minimum absolute atomic E-state index is 0.630. The molecule has 0 aliphatic rings. The molecule has 1 nitrogen and oxygen atoms in total. The second kappa shape index (κ2) is 5.76. The molecule has 0 saturated carbocycles. The highest BCUT2D eigenvalue weighted by molar-refractivity contribution is 5.14. The van der Waals surface area contributed by atoms with E-state index in [0.717, 1.165) is 6.54 Å². The van der Waals surface area contributed by atoms with Crippen LogP contribution in [0, 0.1) is 0 Å². The third-order valence-corrected chi connectivity index (χ3v) is 2.22. The number of benzene rings is 1. The van der Waals surface area contributed by atoms with Gasteiger partial charge in [0.25, 0.3) is 0 Å². The van der Waals surface area contributed by atoms with Crippen LogP contribution in [0.2, 0.25) is 0 Å². The molecule has 1 N–H and O–H groups in total. The highest BCUT2D eigenvalue weighted by Crippen LogP contribution is 2.00. The smallest absolute Gasteiger partial charge is 0.0207 e. The van der Waals surface area contributed by atoms with E-state index >= 15 is 0 Å². The SMILES string of the molecule is CCC[C@H](C)NCc1ccccc1. The molecule has 0 fully saturated rings. The highest BCUT2D eigenvalue weighted by atomic mass is 14.9. The summed E-state index contributed by atoms with van der Waals surface area (Å²) in [6.45, 7) is 5.45. The molecule has 0 unspecified atom stereocenters. The minimum Gasteiger partial charge on any atom is -0.310 e. The van der Waals surface area contributed by atoms with E-state index in [0.29, 0.717) is 6.04 Å². The van der Waals surface area contributed by atoms with Crippen molar-refractivity contribution in [3.63, 3.8) is 0 Å². The van der Waals surface area contributed by atoms with Crippen LogP contribution in [0.25, 0.3) is 0 Å². The Bertz CT molecular complexity index is 218. The van der Waals surface area contributed by atoms with Crippen LogP contribution < -0.4 is 5.32 Å². The van der Waals surface area contributed by atoms with Crippen LogP contribution in [-0.4, -0.2) is 6.04 Å². The van der Waals surface area contributed by atoms with Gasteiger partial charge in [-0.05, 0) is 18.9 Å². The van der Waals surface area contributed by atoms with Crippen molar-refractivity contribution in [1.82, 2.24) is 5.32 Å². The topological polar surface area (TPSA) is 12.0 Å². The Kier molecular flexibility index (Phi) is 4.55. The van der Waals surface area contributed by atoms with E-state index in [9.17, 15) is 0 Å². The van der Waals surface area contributed by atoms with E-state index in [1.165, 1.54) is 18.4 Å². The van der Waals surface area contributed by atoms with Gasteiger partial charge in [-0.2, -0.15) is 0 Å². The zero-order chi connectivity index (χ0) is 9.52. The summed E-state index contributed by atoms with van der Waals surface area (Å²) in [5.41, 5.74) is 1.37. The van der Waals surface area contributed by atoms with Crippen LogP contribution in [0.3, 0.4) is 0 Å². The predicted molar refractivity (Wildman–Crippen MR) is 57.7 cm³/mol. The summed E-state index contributed by atoms with van der Waals surface area (Å²) in [5.74, 6) is 0. The lowest BCUT2D eigenvalue weighted by Crippen LogP contribution is -2.24. The molecule has 0 radical (unpaired) electrons. The van der Waals surface area contributed by atoms with E-state index in [1.807, 2.05) is 0 Å². The van der Waals surface area contributed by atoms with Gasteiger partial charge in [0, 0.05) is 12.6 Å². The highest BCUT2D eigenvalue weighted by Gasteiger charge is 1.98. The monoisotopic (exact) mass is 177 g/mol. The molecule has 0 aliphatic heterocycles. The Balaban J connectivity index is 2.27. The first-order chi connectivity index (χ1) is 6.33. The van der Waals surface area contributed by atoms with E-state index < -0.39 is 0 Å². The summed E-state index contributed by atoms with van der Waals surface area (Å²) in [6.07, 6.45) is 2.51. The lowest BCUT2D eigenvalue weighted by molar-refractivity contribution is 0.508. The molecule has 0 aromatic heterocycles. The minimum atomic E-state index is 0.630. The molecule has 0 saturated heterocycles. The van der Waals surface area contributed by atoms with E-state index in [-0.39, 0.29) is 0 Å². The van der Waals surface area contributed by atoms with E-state index in [1.54, 1.807) is 0 Å². The van der Waals surface area contributed by atoms with Gasteiger partial charge in [-0.25, -0.2) is 0 Å². The fourth-order valence-electron chi connectivity index (χ4n) is 1.42. The van der Waals surface area contributed by atoms with Gasteiger partial charge >= 0.3 is 0 Å². The zero-order valence-electron chi connectivity index (χ0n) is 8.59. The second-order valence-electron chi connectivity index (χ2n) is 3.56. The van der Waals surface area contributed by atoms with Crippen LogP contribution in [0.4, 0.5) is 0 Å². The Hall–Kier alpha value is -0.820. The fraction of sp³-hybridized carbons (Fsp3) is 0.500. The molecular formula is C12H19N. The van der Waals surface area contributed by atoms with Crippen molar-refractivity contribution in [3.05, 3.63) is 35.9 Å². The van der Waals surface area contributed by atoms with Crippen molar-refractivity contribution >= 4 is 0 Å². The Morgan fingerprint density at radius 3 is 2.54 bits per heavy atom. The van der Waals surface area contributed by atoms with Crippen LogP contribution in [0.15, 0.2) is 30.3 Å². The molecular weight excluding hydrogens is 158 g/mol. The van der Waals surface area contributed by atoms with Crippen molar-refractivity contribution in [1.29, 1.82) is 0 Å².